The molecular weight excluding hydrogens is 230 g/mol. The molecule has 0 aliphatic carbocycles. The van der Waals surface area contributed by atoms with Crippen LogP contribution in [0.25, 0.3) is 0 Å². The Morgan fingerprint density at radius 3 is 2.43 bits per heavy atom. The van der Waals surface area contributed by atoms with Crippen molar-refractivity contribution in [2.24, 2.45) is 0 Å². The number of rotatable bonds is 3. The van der Waals surface area contributed by atoms with E-state index < -0.39 is 26.3 Å². The van der Waals surface area contributed by atoms with Crippen molar-refractivity contribution in [3.05, 3.63) is 24.3 Å². The zero-order valence-corrected chi connectivity index (χ0v) is 8.34. The number of benzene rings is 1. The van der Waals surface area contributed by atoms with Gasteiger partial charge in [0.25, 0.3) is 10.1 Å². The molecule has 1 atom stereocenters. The Kier molecular flexibility index (Phi) is 3.21. The highest BCUT2D eigenvalue weighted by Crippen LogP contribution is 2.20. The SMILES string of the molecule is O=S([O-])Nc1ccccc1S(=O)(=O)O. The van der Waals surface area contributed by atoms with E-state index in [1.807, 2.05) is 4.72 Å². The van der Waals surface area contributed by atoms with Gasteiger partial charge in [-0.1, -0.05) is 12.1 Å². The van der Waals surface area contributed by atoms with Gasteiger partial charge in [0.1, 0.15) is 4.90 Å². The summed E-state index contributed by atoms with van der Waals surface area (Å²) in [5.74, 6) is 0. The zero-order valence-electron chi connectivity index (χ0n) is 6.71. The molecule has 0 fully saturated rings. The molecule has 8 heteroatoms. The van der Waals surface area contributed by atoms with Gasteiger partial charge < -0.3 is 9.27 Å². The van der Waals surface area contributed by atoms with Crippen LogP contribution in [-0.4, -0.2) is 21.7 Å². The number of para-hydroxylation sites is 1. The molecule has 0 heterocycles. The van der Waals surface area contributed by atoms with Crippen LogP contribution in [0.5, 0.6) is 0 Å². The van der Waals surface area contributed by atoms with E-state index in [1.165, 1.54) is 18.2 Å². The van der Waals surface area contributed by atoms with Crippen molar-refractivity contribution in [2.75, 3.05) is 4.72 Å². The predicted octanol–water partition coefficient (Wildman–Crippen LogP) is 0.139. The molecule has 1 aromatic carbocycles. The van der Waals surface area contributed by atoms with Crippen LogP contribution in [0.1, 0.15) is 0 Å². The number of nitrogens with one attached hydrogen (secondary N) is 1. The van der Waals surface area contributed by atoms with Gasteiger partial charge in [-0.3, -0.25) is 8.76 Å². The highest BCUT2D eigenvalue weighted by Gasteiger charge is 2.13. The van der Waals surface area contributed by atoms with Crippen molar-refractivity contribution in [1.82, 2.24) is 0 Å². The summed E-state index contributed by atoms with van der Waals surface area (Å²) in [6.07, 6.45) is 0. The number of hydrogen-bond donors (Lipinski definition) is 2. The molecule has 2 N–H and O–H groups in total. The summed E-state index contributed by atoms with van der Waals surface area (Å²) in [6.45, 7) is 0. The zero-order chi connectivity index (χ0) is 10.8. The van der Waals surface area contributed by atoms with Crippen molar-refractivity contribution in [3.63, 3.8) is 0 Å². The third-order valence-corrected chi connectivity index (χ3v) is 2.66. The Morgan fingerprint density at radius 1 is 1.36 bits per heavy atom. The Bertz CT molecular complexity index is 455. The van der Waals surface area contributed by atoms with E-state index in [9.17, 15) is 17.2 Å². The van der Waals surface area contributed by atoms with E-state index in [4.69, 9.17) is 4.55 Å². The molecule has 0 saturated heterocycles. The topological polar surface area (TPSA) is 107 Å². The quantitative estimate of drug-likeness (QED) is 0.573. The molecular formula is C6H6NO5S2-. The highest BCUT2D eigenvalue weighted by atomic mass is 32.2. The van der Waals surface area contributed by atoms with Gasteiger partial charge in [0.05, 0.1) is 5.69 Å². The summed E-state index contributed by atoms with van der Waals surface area (Å²) in [4.78, 5) is -0.482. The molecule has 6 nitrogen and oxygen atoms in total. The van der Waals surface area contributed by atoms with E-state index in [2.05, 4.69) is 0 Å². The smallest absolute Gasteiger partial charge is 0.296 e. The van der Waals surface area contributed by atoms with Gasteiger partial charge >= 0.3 is 0 Å². The minimum atomic E-state index is -4.41. The summed E-state index contributed by atoms with van der Waals surface area (Å²) in [7, 11) is -4.41. The Balaban J connectivity index is 3.23. The molecule has 0 spiro atoms. The minimum Gasteiger partial charge on any atom is -0.755 e. The molecule has 1 rings (SSSR count). The third-order valence-electron chi connectivity index (χ3n) is 1.36. The van der Waals surface area contributed by atoms with Crippen LogP contribution in [0, 0.1) is 0 Å². The first-order chi connectivity index (χ1) is 6.41. The molecule has 0 saturated carbocycles. The number of hydrogen-bond acceptors (Lipinski definition) is 4. The fourth-order valence-electron chi connectivity index (χ4n) is 0.866. The monoisotopic (exact) mass is 236 g/mol. The summed E-state index contributed by atoms with van der Waals surface area (Å²) < 4.78 is 52.6. The van der Waals surface area contributed by atoms with Crippen molar-refractivity contribution in [2.45, 2.75) is 4.90 Å². The van der Waals surface area contributed by atoms with Crippen LogP contribution in [0.15, 0.2) is 29.2 Å². The maximum Gasteiger partial charge on any atom is 0.296 e. The fraction of sp³-hybridized carbons (Fsp3) is 0. The molecule has 0 radical (unpaired) electrons. The van der Waals surface area contributed by atoms with Gasteiger partial charge in [0, 0.05) is 11.3 Å². The van der Waals surface area contributed by atoms with E-state index in [1.54, 1.807) is 0 Å². The molecule has 0 amide bonds. The predicted molar refractivity (Wildman–Crippen MR) is 48.8 cm³/mol. The van der Waals surface area contributed by atoms with Crippen molar-refractivity contribution in [1.29, 1.82) is 0 Å². The van der Waals surface area contributed by atoms with Gasteiger partial charge in [-0.2, -0.15) is 8.42 Å². The van der Waals surface area contributed by atoms with E-state index in [0.717, 1.165) is 6.07 Å². The van der Waals surface area contributed by atoms with E-state index >= 15 is 0 Å². The van der Waals surface area contributed by atoms with E-state index in [-0.39, 0.29) is 5.69 Å². The van der Waals surface area contributed by atoms with Crippen LogP contribution in [0.4, 0.5) is 5.69 Å². The van der Waals surface area contributed by atoms with Crippen LogP contribution >= 0.6 is 0 Å². The third kappa shape index (κ3) is 2.77. The first-order valence-corrected chi connectivity index (χ1v) is 5.85. The van der Waals surface area contributed by atoms with Gasteiger partial charge in [0.15, 0.2) is 0 Å². The van der Waals surface area contributed by atoms with Crippen molar-refractivity contribution in [3.8, 4) is 0 Å². The molecule has 0 aromatic heterocycles. The Labute approximate surface area is 83.1 Å². The van der Waals surface area contributed by atoms with Gasteiger partial charge in [-0.15, -0.1) is 0 Å². The maximum absolute atomic E-state index is 10.7. The molecule has 0 aliphatic heterocycles. The fourth-order valence-corrected chi connectivity index (χ4v) is 1.94. The lowest BCUT2D eigenvalue weighted by atomic mass is 10.3. The normalized spacial score (nSPS) is 13.6. The highest BCUT2D eigenvalue weighted by molar-refractivity contribution is 7.86. The van der Waals surface area contributed by atoms with Gasteiger partial charge in [0.2, 0.25) is 0 Å². The molecule has 0 aliphatic rings. The average Bonchev–Trinajstić information content (AvgIpc) is 2.01. The first kappa shape index (κ1) is 11.1. The lowest BCUT2D eigenvalue weighted by Gasteiger charge is -2.10. The second-order valence-corrected chi connectivity index (χ2v) is 4.37. The lowest BCUT2D eigenvalue weighted by molar-refractivity contribution is 0.483. The molecule has 1 unspecified atom stereocenters. The average molecular weight is 236 g/mol. The van der Waals surface area contributed by atoms with Crippen LogP contribution < -0.4 is 4.72 Å². The Hall–Kier alpha value is -0.960. The standard InChI is InChI=1S/C6H7NO5S2/c8-13(9)7-5-3-1-2-4-6(5)14(10,11)12/h1-4,7H,(H,8,9)(H,10,11,12)/p-1. The van der Waals surface area contributed by atoms with E-state index in [0.29, 0.717) is 0 Å². The second kappa shape index (κ2) is 4.05. The summed E-state index contributed by atoms with van der Waals surface area (Å²) >= 11 is -2.64. The van der Waals surface area contributed by atoms with Gasteiger partial charge in [-0.05, 0) is 12.1 Å². The first-order valence-electron chi connectivity index (χ1n) is 3.33. The summed E-state index contributed by atoms with van der Waals surface area (Å²) in [5.41, 5.74) is -0.191. The van der Waals surface area contributed by atoms with Gasteiger partial charge in [-0.25, -0.2) is 0 Å². The molecule has 14 heavy (non-hydrogen) atoms. The Morgan fingerprint density at radius 2 is 1.93 bits per heavy atom. The lowest BCUT2D eigenvalue weighted by Crippen LogP contribution is -2.08. The largest absolute Gasteiger partial charge is 0.755 e. The number of anilines is 1. The van der Waals surface area contributed by atoms with Crippen molar-refractivity contribution < 1.29 is 21.7 Å². The summed E-state index contributed by atoms with van der Waals surface area (Å²) in [5, 5.41) is 0. The maximum atomic E-state index is 10.7. The van der Waals surface area contributed by atoms with Crippen LogP contribution in [0.3, 0.4) is 0 Å². The second-order valence-electron chi connectivity index (χ2n) is 2.31. The van der Waals surface area contributed by atoms with Crippen molar-refractivity contribution >= 4 is 27.1 Å². The minimum absolute atomic E-state index is 0.191. The van der Waals surface area contributed by atoms with Crippen LogP contribution in [0.2, 0.25) is 0 Å². The summed E-state index contributed by atoms with van der Waals surface area (Å²) in [6, 6.07) is 5.11. The molecule has 0 bridgehead atoms. The van der Waals surface area contributed by atoms with Crippen LogP contribution in [-0.2, 0) is 21.4 Å². The molecule has 1 aromatic rings. The molecule has 78 valence electrons.